The van der Waals surface area contributed by atoms with Gasteiger partial charge in [0.25, 0.3) is 10.0 Å². The number of aliphatic hydroxyl groups is 1. The zero-order valence-corrected chi connectivity index (χ0v) is 15.1. The van der Waals surface area contributed by atoms with E-state index in [0.717, 1.165) is 16.5 Å². The molecule has 2 N–H and O–H groups in total. The van der Waals surface area contributed by atoms with Crippen LogP contribution in [-0.2, 0) is 17.1 Å². The van der Waals surface area contributed by atoms with Crippen LogP contribution in [0.3, 0.4) is 0 Å². The molecule has 7 nitrogen and oxygen atoms in total. The van der Waals surface area contributed by atoms with E-state index in [-0.39, 0.29) is 17.0 Å². The first-order valence-electron chi connectivity index (χ1n) is 8.45. The molecule has 1 saturated carbocycles. The second kappa shape index (κ2) is 6.46. The van der Waals surface area contributed by atoms with Gasteiger partial charge in [0.2, 0.25) is 0 Å². The second-order valence-electron chi connectivity index (χ2n) is 6.82. The van der Waals surface area contributed by atoms with Crippen LogP contribution in [0.5, 0.6) is 0 Å². The highest BCUT2D eigenvalue weighted by atomic mass is 32.2. The van der Waals surface area contributed by atoms with E-state index in [2.05, 4.69) is 14.7 Å². The number of benzene rings is 1. The number of aryl methyl sites for hydroxylation is 1. The van der Waals surface area contributed by atoms with Gasteiger partial charge in [0, 0.05) is 24.8 Å². The minimum absolute atomic E-state index is 0.0152. The molecule has 2 heterocycles. The van der Waals surface area contributed by atoms with E-state index in [1.807, 2.05) is 30.3 Å². The van der Waals surface area contributed by atoms with E-state index in [1.54, 1.807) is 17.8 Å². The van der Waals surface area contributed by atoms with Crippen LogP contribution >= 0.6 is 0 Å². The molecule has 0 aliphatic heterocycles. The van der Waals surface area contributed by atoms with Gasteiger partial charge in [-0.3, -0.25) is 4.98 Å². The van der Waals surface area contributed by atoms with Crippen LogP contribution in [0.2, 0.25) is 0 Å². The van der Waals surface area contributed by atoms with Crippen molar-refractivity contribution < 1.29 is 13.5 Å². The molecule has 0 unspecified atom stereocenters. The first-order valence-corrected chi connectivity index (χ1v) is 9.94. The van der Waals surface area contributed by atoms with Gasteiger partial charge in [-0.2, -0.15) is 0 Å². The van der Waals surface area contributed by atoms with Gasteiger partial charge in [0.1, 0.15) is 0 Å². The molecule has 0 spiro atoms. The summed E-state index contributed by atoms with van der Waals surface area (Å²) in [5.41, 5.74) is 1.65. The maximum Gasteiger partial charge on any atom is 0.260 e. The van der Waals surface area contributed by atoms with Crippen molar-refractivity contribution in [3.05, 3.63) is 54.6 Å². The lowest BCUT2D eigenvalue weighted by molar-refractivity contribution is 0.0280. The topological polar surface area (TPSA) is 97.1 Å². The Kier molecular flexibility index (Phi) is 4.26. The van der Waals surface area contributed by atoms with Gasteiger partial charge in [-0.15, -0.1) is 0 Å². The predicted molar refractivity (Wildman–Crippen MR) is 96.7 cm³/mol. The zero-order valence-electron chi connectivity index (χ0n) is 14.3. The van der Waals surface area contributed by atoms with E-state index >= 15 is 0 Å². The molecule has 0 radical (unpaired) electrons. The van der Waals surface area contributed by atoms with Crippen LogP contribution in [0, 0.1) is 5.92 Å². The highest BCUT2D eigenvalue weighted by Gasteiger charge is 2.37. The SMILES string of the molecule is Cn1cnc(S(=O)(=O)N[C@@H](c2cnc3ccccc3c2)C2CC(O)C2)c1. The Balaban J connectivity index is 1.70. The number of aliphatic hydroxyl groups excluding tert-OH is 1. The fraction of sp³-hybridized carbons (Fsp3) is 0.333. The van der Waals surface area contributed by atoms with Gasteiger partial charge in [0.05, 0.1) is 24.0 Å². The van der Waals surface area contributed by atoms with Crippen molar-refractivity contribution in [1.29, 1.82) is 0 Å². The standard InChI is InChI=1S/C18H20N4O3S/c1-22-10-17(20-11-22)26(24,25)21-18(13-7-15(23)8-13)14-6-12-4-2-3-5-16(12)19-9-14/h2-6,9-11,13,15,18,21,23H,7-8H2,1H3/t13?,15?,18-/m1/s1. The van der Waals surface area contributed by atoms with Crippen LogP contribution in [-0.4, -0.2) is 34.2 Å². The molecule has 1 aromatic carbocycles. The number of pyridine rings is 1. The summed E-state index contributed by atoms with van der Waals surface area (Å²) in [5.74, 6) is 0.0199. The van der Waals surface area contributed by atoms with Gasteiger partial charge in [-0.25, -0.2) is 18.1 Å². The van der Waals surface area contributed by atoms with E-state index in [1.165, 1.54) is 12.5 Å². The van der Waals surface area contributed by atoms with E-state index < -0.39 is 16.1 Å². The smallest absolute Gasteiger partial charge is 0.260 e. The number of nitrogens with zero attached hydrogens (tertiary/aromatic N) is 3. The summed E-state index contributed by atoms with van der Waals surface area (Å²) < 4.78 is 29.9. The highest BCUT2D eigenvalue weighted by molar-refractivity contribution is 7.89. The van der Waals surface area contributed by atoms with Crippen molar-refractivity contribution in [3.8, 4) is 0 Å². The largest absolute Gasteiger partial charge is 0.393 e. The maximum absolute atomic E-state index is 12.7. The third kappa shape index (κ3) is 3.23. The Labute approximate surface area is 151 Å². The molecule has 1 aliphatic carbocycles. The number of rotatable bonds is 5. The van der Waals surface area contributed by atoms with E-state index in [9.17, 15) is 13.5 Å². The predicted octanol–water partition coefficient (Wildman–Crippen LogP) is 1.76. The average Bonchev–Trinajstić information content (AvgIpc) is 3.04. The molecule has 1 aliphatic rings. The monoisotopic (exact) mass is 372 g/mol. The van der Waals surface area contributed by atoms with Crippen molar-refractivity contribution in [1.82, 2.24) is 19.3 Å². The van der Waals surface area contributed by atoms with Gasteiger partial charge < -0.3 is 9.67 Å². The summed E-state index contributed by atoms with van der Waals surface area (Å²) >= 11 is 0. The van der Waals surface area contributed by atoms with E-state index in [0.29, 0.717) is 12.8 Å². The molecule has 2 aromatic heterocycles. The lowest BCUT2D eigenvalue weighted by Gasteiger charge is -2.37. The molecule has 8 heteroatoms. The summed E-state index contributed by atoms with van der Waals surface area (Å²) in [6.45, 7) is 0. The summed E-state index contributed by atoms with van der Waals surface area (Å²) in [7, 11) is -2.05. The number of nitrogens with one attached hydrogen (secondary N) is 1. The third-order valence-corrected chi connectivity index (χ3v) is 6.16. The Morgan fingerprint density at radius 2 is 2.04 bits per heavy atom. The van der Waals surface area contributed by atoms with Crippen LogP contribution < -0.4 is 4.72 Å². The summed E-state index contributed by atoms with van der Waals surface area (Å²) in [6.07, 6.45) is 5.36. The minimum Gasteiger partial charge on any atom is -0.393 e. The third-order valence-electron chi connectivity index (χ3n) is 4.83. The van der Waals surface area contributed by atoms with Crippen LogP contribution in [0.25, 0.3) is 10.9 Å². The fourth-order valence-corrected chi connectivity index (χ4v) is 4.63. The number of hydrogen-bond acceptors (Lipinski definition) is 5. The highest BCUT2D eigenvalue weighted by Crippen LogP contribution is 2.39. The molecular formula is C18H20N4O3S. The number of sulfonamides is 1. The quantitative estimate of drug-likeness (QED) is 0.711. The molecule has 1 atom stereocenters. The van der Waals surface area contributed by atoms with Gasteiger partial charge in [-0.05, 0) is 36.5 Å². The van der Waals surface area contributed by atoms with Gasteiger partial charge in [0.15, 0.2) is 5.03 Å². The van der Waals surface area contributed by atoms with E-state index in [4.69, 9.17) is 0 Å². The molecule has 0 bridgehead atoms. The van der Waals surface area contributed by atoms with Crippen molar-refractivity contribution in [2.24, 2.45) is 13.0 Å². The minimum atomic E-state index is -3.77. The van der Waals surface area contributed by atoms with Crippen molar-refractivity contribution >= 4 is 20.9 Å². The maximum atomic E-state index is 12.7. The first kappa shape index (κ1) is 17.1. The molecule has 3 aromatic rings. The number of imidazole rings is 1. The van der Waals surface area contributed by atoms with Gasteiger partial charge >= 0.3 is 0 Å². The number of para-hydroxylation sites is 1. The summed E-state index contributed by atoms with van der Waals surface area (Å²) in [5, 5.41) is 10.6. The fourth-order valence-electron chi connectivity index (χ4n) is 3.35. The van der Waals surface area contributed by atoms with Crippen molar-refractivity contribution in [2.45, 2.75) is 30.0 Å². The normalized spacial score (nSPS) is 21.5. The number of aromatic nitrogens is 3. The lowest BCUT2D eigenvalue weighted by Crippen LogP contribution is -2.41. The van der Waals surface area contributed by atoms with Gasteiger partial charge in [-0.1, -0.05) is 18.2 Å². The van der Waals surface area contributed by atoms with Crippen LogP contribution in [0.1, 0.15) is 24.4 Å². The Bertz CT molecular complexity index is 1040. The summed E-state index contributed by atoms with van der Waals surface area (Å²) in [6, 6.07) is 9.21. The average molecular weight is 372 g/mol. The number of hydrogen-bond donors (Lipinski definition) is 2. The van der Waals surface area contributed by atoms with Crippen molar-refractivity contribution in [2.75, 3.05) is 0 Å². The molecule has 1 fully saturated rings. The molecule has 0 amide bonds. The molecule has 4 rings (SSSR count). The Morgan fingerprint density at radius 3 is 2.73 bits per heavy atom. The summed E-state index contributed by atoms with van der Waals surface area (Å²) in [4.78, 5) is 8.40. The molecule has 136 valence electrons. The first-order chi connectivity index (χ1) is 12.4. The molecular weight excluding hydrogens is 352 g/mol. The molecule has 26 heavy (non-hydrogen) atoms. The van der Waals surface area contributed by atoms with Crippen LogP contribution in [0.15, 0.2) is 54.1 Å². The van der Waals surface area contributed by atoms with Crippen LogP contribution in [0.4, 0.5) is 0 Å². The molecule has 0 saturated heterocycles. The van der Waals surface area contributed by atoms with Crippen molar-refractivity contribution in [3.63, 3.8) is 0 Å². The Hall–Kier alpha value is -2.29. The zero-order chi connectivity index (χ0) is 18.3. The Morgan fingerprint density at radius 1 is 1.27 bits per heavy atom. The lowest BCUT2D eigenvalue weighted by atomic mass is 9.75. The second-order valence-corrected chi connectivity index (χ2v) is 8.48. The number of fused-ring (bicyclic) bond motifs is 1.